The van der Waals surface area contributed by atoms with Crippen molar-refractivity contribution in [2.24, 2.45) is 5.73 Å². The summed E-state index contributed by atoms with van der Waals surface area (Å²) in [4.78, 5) is 4.30. The Morgan fingerprint density at radius 2 is 2.24 bits per heavy atom. The molecule has 0 spiro atoms. The van der Waals surface area contributed by atoms with E-state index in [1.54, 1.807) is 0 Å². The monoisotopic (exact) mass is 251 g/mol. The van der Waals surface area contributed by atoms with Crippen molar-refractivity contribution in [2.75, 3.05) is 6.54 Å². The van der Waals surface area contributed by atoms with Gasteiger partial charge in [0.05, 0.1) is 0 Å². The smallest absolute Gasteiger partial charge is 0.257 e. The first-order chi connectivity index (χ1) is 8.20. The summed E-state index contributed by atoms with van der Waals surface area (Å²) in [6, 6.07) is 5.68. The van der Waals surface area contributed by atoms with Crippen LogP contribution >= 0.6 is 11.6 Å². The largest absolute Gasteiger partial charge is 0.334 e. The Kier molecular flexibility index (Phi) is 3.76. The van der Waals surface area contributed by atoms with Crippen molar-refractivity contribution in [1.82, 2.24) is 10.1 Å². The molecule has 0 aliphatic carbocycles. The SMILES string of the molecule is Cc1ccc(-c2nc(CCCN)no2)cc1Cl. The summed E-state index contributed by atoms with van der Waals surface area (Å²) in [5.74, 6) is 1.18. The number of aryl methyl sites for hydroxylation is 2. The number of halogens is 1. The molecule has 1 aromatic heterocycles. The van der Waals surface area contributed by atoms with Crippen LogP contribution in [0, 0.1) is 6.92 Å². The standard InChI is InChI=1S/C12H14ClN3O/c1-8-4-5-9(7-10(8)13)12-15-11(16-17-12)3-2-6-14/h4-5,7H,2-3,6,14H2,1H3. The number of nitrogens with zero attached hydrogens (tertiary/aromatic N) is 2. The summed E-state index contributed by atoms with van der Waals surface area (Å²) in [6.45, 7) is 2.58. The van der Waals surface area contributed by atoms with Gasteiger partial charge in [-0.3, -0.25) is 0 Å². The van der Waals surface area contributed by atoms with E-state index in [9.17, 15) is 0 Å². The molecule has 90 valence electrons. The van der Waals surface area contributed by atoms with Gasteiger partial charge in [0, 0.05) is 17.0 Å². The lowest BCUT2D eigenvalue weighted by atomic mass is 10.1. The molecule has 1 aromatic carbocycles. The zero-order valence-corrected chi connectivity index (χ0v) is 10.4. The van der Waals surface area contributed by atoms with Crippen LogP contribution in [0.1, 0.15) is 17.8 Å². The van der Waals surface area contributed by atoms with E-state index in [-0.39, 0.29) is 0 Å². The van der Waals surface area contributed by atoms with E-state index in [4.69, 9.17) is 21.9 Å². The van der Waals surface area contributed by atoms with Crippen LogP contribution < -0.4 is 5.73 Å². The van der Waals surface area contributed by atoms with Gasteiger partial charge in [-0.05, 0) is 37.6 Å². The summed E-state index contributed by atoms with van der Waals surface area (Å²) in [6.07, 6.45) is 1.59. The second-order valence-corrected chi connectivity index (χ2v) is 4.28. The van der Waals surface area contributed by atoms with E-state index in [2.05, 4.69) is 10.1 Å². The summed E-state index contributed by atoms with van der Waals surface area (Å²) >= 11 is 6.05. The highest BCUT2D eigenvalue weighted by Crippen LogP contribution is 2.24. The molecule has 4 nitrogen and oxygen atoms in total. The number of benzene rings is 1. The molecule has 2 rings (SSSR count). The molecule has 0 aliphatic heterocycles. The maximum atomic E-state index is 6.05. The lowest BCUT2D eigenvalue weighted by Crippen LogP contribution is -2.01. The summed E-state index contributed by atoms with van der Waals surface area (Å²) in [7, 11) is 0. The van der Waals surface area contributed by atoms with Gasteiger partial charge in [-0.25, -0.2) is 0 Å². The predicted octanol–water partition coefficient (Wildman–Crippen LogP) is 2.59. The molecule has 0 radical (unpaired) electrons. The van der Waals surface area contributed by atoms with Crippen LogP contribution in [0.5, 0.6) is 0 Å². The average molecular weight is 252 g/mol. The van der Waals surface area contributed by atoms with Gasteiger partial charge in [-0.15, -0.1) is 0 Å². The molecule has 0 saturated carbocycles. The van der Waals surface area contributed by atoms with Crippen molar-refractivity contribution in [3.8, 4) is 11.5 Å². The van der Waals surface area contributed by atoms with Crippen LogP contribution in [0.3, 0.4) is 0 Å². The van der Waals surface area contributed by atoms with Gasteiger partial charge >= 0.3 is 0 Å². The first-order valence-electron chi connectivity index (χ1n) is 5.50. The molecule has 0 unspecified atom stereocenters. The Morgan fingerprint density at radius 3 is 2.94 bits per heavy atom. The molecular weight excluding hydrogens is 238 g/mol. The highest BCUT2D eigenvalue weighted by molar-refractivity contribution is 6.31. The van der Waals surface area contributed by atoms with E-state index in [1.165, 1.54) is 0 Å². The lowest BCUT2D eigenvalue weighted by Gasteiger charge is -1.98. The Morgan fingerprint density at radius 1 is 1.41 bits per heavy atom. The van der Waals surface area contributed by atoms with Crippen LogP contribution in [-0.4, -0.2) is 16.7 Å². The zero-order chi connectivity index (χ0) is 12.3. The molecule has 0 atom stereocenters. The van der Waals surface area contributed by atoms with E-state index >= 15 is 0 Å². The number of nitrogens with two attached hydrogens (primary N) is 1. The van der Waals surface area contributed by atoms with Crippen LogP contribution in [0.15, 0.2) is 22.7 Å². The third-order valence-electron chi connectivity index (χ3n) is 2.49. The number of rotatable bonds is 4. The minimum Gasteiger partial charge on any atom is -0.334 e. The second-order valence-electron chi connectivity index (χ2n) is 3.87. The Balaban J connectivity index is 2.21. The van der Waals surface area contributed by atoms with E-state index in [0.29, 0.717) is 23.3 Å². The first kappa shape index (κ1) is 12.1. The van der Waals surface area contributed by atoms with Crippen molar-refractivity contribution < 1.29 is 4.52 Å². The quantitative estimate of drug-likeness (QED) is 0.907. The van der Waals surface area contributed by atoms with Gasteiger partial charge < -0.3 is 10.3 Å². The number of hydrogen-bond donors (Lipinski definition) is 1. The fourth-order valence-corrected chi connectivity index (χ4v) is 1.64. The van der Waals surface area contributed by atoms with E-state index in [0.717, 1.165) is 24.0 Å². The summed E-state index contributed by atoms with van der Waals surface area (Å²) < 4.78 is 5.18. The molecule has 1 heterocycles. The van der Waals surface area contributed by atoms with Crippen molar-refractivity contribution in [2.45, 2.75) is 19.8 Å². The van der Waals surface area contributed by atoms with Crippen LogP contribution in [0.2, 0.25) is 5.02 Å². The highest BCUT2D eigenvalue weighted by atomic mass is 35.5. The van der Waals surface area contributed by atoms with Crippen LogP contribution in [0.25, 0.3) is 11.5 Å². The molecule has 2 N–H and O–H groups in total. The normalized spacial score (nSPS) is 10.8. The lowest BCUT2D eigenvalue weighted by molar-refractivity contribution is 0.422. The number of hydrogen-bond acceptors (Lipinski definition) is 4. The molecule has 0 amide bonds. The Labute approximate surface area is 105 Å². The fraction of sp³-hybridized carbons (Fsp3) is 0.333. The third-order valence-corrected chi connectivity index (χ3v) is 2.90. The molecular formula is C12H14ClN3O. The van der Waals surface area contributed by atoms with E-state index < -0.39 is 0 Å². The maximum absolute atomic E-state index is 6.05. The van der Waals surface area contributed by atoms with Crippen molar-refractivity contribution >= 4 is 11.6 Å². The van der Waals surface area contributed by atoms with Gasteiger partial charge in [0.2, 0.25) is 0 Å². The fourth-order valence-electron chi connectivity index (χ4n) is 1.46. The topological polar surface area (TPSA) is 64.9 Å². The van der Waals surface area contributed by atoms with Crippen molar-refractivity contribution in [3.63, 3.8) is 0 Å². The summed E-state index contributed by atoms with van der Waals surface area (Å²) in [5.41, 5.74) is 7.29. The van der Waals surface area contributed by atoms with Crippen LogP contribution in [-0.2, 0) is 6.42 Å². The predicted molar refractivity (Wildman–Crippen MR) is 66.9 cm³/mol. The van der Waals surface area contributed by atoms with Gasteiger partial charge in [0.1, 0.15) is 0 Å². The van der Waals surface area contributed by atoms with Crippen molar-refractivity contribution in [3.05, 3.63) is 34.6 Å². The van der Waals surface area contributed by atoms with Crippen LogP contribution in [0.4, 0.5) is 0 Å². The molecule has 17 heavy (non-hydrogen) atoms. The minimum absolute atomic E-state index is 0.499. The molecule has 0 saturated heterocycles. The summed E-state index contributed by atoms with van der Waals surface area (Å²) in [5, 5.41) is 4.60. The van der Waals surface area contributed by atoms with E-state index in [1.807, 2.05) is 25.1 Å². The third kappa shape index (κ3) is 2.84. The van der Waals surface area contributed by atoms with Gasteiger partial charge in [-0.2, -0.15) is 4.98 Å². The first-order valence-corrected chi connectivity index (χ1v) is 5.87. The van der Waals surface area contributed by atoms with Crippen molar-refractivity contribution in [1.29, 1.82) is 0 Å². The zero-order valence-electron chi connectivity index (χ0n) is 9.61. The molecule has 0 aliphatic rings. The van der Waals surface area contributed by atoms with Gasteiger partial charge in [-0.1, -0.05) is 22.8 Å². The second kappa shape index (κ2) is 5.29. The van der Waals surface area contributed by atoms with Gasteiger partial charge in [0.15, 0.2) is 5.82 Å². The molecule has 2 aromatic rings. The molecule has 0 fully saturated rings. The maximum Gasteiger partial charge on any atom is 0.257 e. The molecule has 5 heteroatoms. The minimum atomic E-state index is 0.499. The Bertz CT molecular complexity index is 510. The highest BCUT2D eigenvalue weighted by Gasteiger charge is 2.09. The number of aromatic nitrogens is 2. The average Bonchev–Trinajstić information content (AvgIpc) is 2.79. The molecule has 0 bridgehead atoms. The van der Waals surface area contributed by atoms with Gasteiger partial charge in [0.25, 0.3) is 5.89 Å². The Hall–Kier alpha value is -1.39.